The van der Waals surface area contributed by atoms with Gasteiger partial charge in [-0.2, -0.15) is 13.2 Å². The summed E-state index contributed by atoms with van der Waals surface area (Å²) in [5.74, 6) is -2.18. The Hall–Kier alpha value is -3.09. The van der Waals surface area contributed by atoms with Crippen LogP contribution < -0.4 is 5.32 Å². The van der Waals surface area contributed by atoms with Crippen molar-refractivity contribution in [1.82, 2.24) is 5.32 Å². The molecule has 0 saturated carbocycles. The number of allylic oxidation sites excluding steroid dienone is 1. The van der Waals surface area contributed by atoms with Crippen LogP contribution in [0.1, 0.15) is 36.0 Å². The lowest BCUT2D eigenvalue weighted by molar-refractivity contribution is -0.141. The number of nitrogens with one attached hydrogen (secondary N) is 1. The summed E-state index contributed by atoms with van der Waals surface area (Å²) < 4.78 is 45.8. The van der Waals surface area contributed by atoms with Crippen LogP contribution in [0.3, 0.4) is 0 Å². The van der Waals surface area contributed by atoms with E-state index < -0.39 is 29.5 Å². The highest BCUT2D eigenvalue weighted by Crippen LogP contribution is 2.41. The summed E-state index contributed by atoms with van der Waals surface area (Å²) in [5.41, 5.74) is 0.274. The van der Waals surface area contributed by atoms with Crippen LogP contribution in [0, 0.1) is 0 Å². The Morgan fingerprint density at radius 1 is 1.10 bits per heavy atom. The van der Waals surface area contributed by atoms with E-state index in [-0.39, 0.29) is 29.9 Å². The normalized spacial score (nSPS) is 17.1. The lowest BCUT2D eigenvalue weighted by Crippen LogP contribution is -2.35. The fourth-order valence-corrected chi connectivity index (χ4v) is 3.48. The van der Waals surface area contributed by atoms with E-state index >= 15 is 0 Å². The van der Waals surface area contributed by atoms with Crippen molar-refractivity contribution < 1.29 is 27.5 Å². The smallest absolute Gasteiger partial charge is 0.416 e. The van der Waals surface area contributed by atoms with Gasteiger partial charge in [0.1, 0.15) is 0 Å². The second-order valence-corrected chi connectivity index (χ2v) is 6.80. The molecule has 1 N–H and O–H groups in total. The maximum absolute atomic E-state index is 13.5. The summed E-state index contributed by atoms with van der Waals surface area (Å²) in [7, 11) is 0. The number of carbonyl (C=O) groups is 2. The van der Waals surface area contributed by atoms with Crippen molar-refractivity contribution in [2.24, 2.45) is 0 Å². The van der Waals surface area contributed by atoms with Gasteiger partial charge in [-0.15, -0.1) is 0 Å². The number of benzene rings is 2. The Morgan fingerprint density at radius 2 is 1.76 bits per heavy atom. The molecule has 0 aliphatic carbocycles. The Kier molecular flexibility index (Phi) is 6.06. The summed E-state index contributed by atoms with van der Waals surface area (Å²) in [4.78, 5) is 24.7. The molecule has 0 unspecified atom stereocenters. The molecule has 4 nitrogen and oxygen atoms in total. The van der Waals surface area contributed by atoms with Crippen LogP contribution in [0.15, 0.2) is 65.9 Å². The van der Waals surface area contributed by atoms with Gasteiger partial charge in [-0.05, 0) is 24.1 Å². The van der Waals surface area contributed by atoms with Crippen molar-refractivity contribution in [3.8, 4) is 0 Å². The molecule has 3 rings (SSSR count). The molecule has 0 saturated heterocycles. The van der Waals surface area contributed by atoms with Gasteiger partial charge >= 0.3 is 12.1 Å². The highest BCUT2D eigenvalue weighted by Gasteiger charge is 2.39. The molecule has 0 fully saturated rings. The quantitative estimate of drug-likeness (QED) is 0.755. The zero-order valence-corrected chi connectivity index (χ0v) is 15.8. The molecule has 0 spiro atoms. The molecule has 1 aliphatic rings. The van der Waals surface area contributed by atoms with E-state index in [0.717, 1.165) is 11.6 Å². The van der Waals surface area contributed by atoms with Crippen molar-refractivity contribution >= 4 is 11.9 Å². The lowest BCUT2D eigenvalue weighted by Gasteiger charge is -2.28. The minimum Gasteiger partial charge on any atom is -0.462 e. The monoisotopic (exact) mass is 403 g/mol. The van der Waals surface area contributed by atoms with Crippen molar-refractivity contribution in [3.05, 3.63) is 82.6 Å². The molecule has 1 amide bonds. The van der Waals surface area contributed by atoms with Crippen molar-refractivity contribution in [3.63, 3.8) is 0 Å². The molecule has 1 aliphatic heterocycles. The Labute approximate surface area is 166 Å². The highest BCUT2D eigenvalue weighted by atomic mass is 19.4. The van der Waals surface area contributed by atoms with Crippen LogP contribution in [0.5, 0.6) is 0 Å². The van der Waals surface area contributed by atoms with E-state index in [0.29, 0.717) is 6.42 Å². The van der Waals surface area contributed by atoms with Crippen LogP contribution in [0.2, 0.25) is 0 Å². The molecule has 0 radical (unpaired) electrons. The molecule has 0 aromatic heterocycles. The third-order valence-corrected chi connectivity index (χ3v) is 4.80. The van der Waals surface area contributed by atoms with Gasteiger partial charge in [-0.1, -0.05) is 48.5 Å². The van der Waals surface area contributed by atoms with Gasteiger partial charge in [0.15, 0.2) is 0 Å². The molecule has 2 aromatic carbocycles. The number of hydrogen-bond acceptors (Lipinski definition) is 3. The molecule has 7 heteroatoms. The summed E-state index contributed by atoms with van der Waals surface area (Å²) >= 11 is 0. The Bertz CT molecular complexity index is 936. The first kappa shape index (κ1) is 20.6. The third-order valence-electron chi connectivity index (χ3n) is 4.80. The minimum atomic E-state index is -4.60. The number of halogens is 3. The van der Waals surface area contributed by atoms with Crippen molar-refractivity contribution in [1.29, 1.82) is 0 Å². The summed E-state index contributed by atoms with van der Waals surface area (Å²) in [5, 5.41) is 2.53. The summed E-state index contributed by atoms with van der Waals surface area (Å²) in [6.07, 6.45) is -4.37. The predicted octanol–water partition coefficient (Wildman–Crippen LogP) is 4.37. The molecule has 2 aromatic rings. The summed E-state index contributed by atoms with van der Waals surface area (Å²) in [6.45, 7) is 1.58. The molecule has 0 bridgehead atoms. The van der Waals surface area contributed by atoms with Gasteiger partial charge in [0.05, 0.1) is 17.7 Å². The van der Waals surface area contributed by atoms with Crippen molar-refractivity contribution in [2.45, 2.75) is 31.9 Å². The second kappa shape index (κ2) is 8.51. The number of esters is 1. The fraction of sp³-hybridized carbons (Fsp3) is 0.273. The van der Waals surface area contributed by atoms with Crippen LogP contribution in [0.4, 0.5) is 13.2 Å². The largest absolute Gasteiger partial charge is 0.462 e. The molecular weight excluding hydrogens is 383 g/mol. The van der Waals surface area contributed by atoms with Gasteiger partial charge in [0, 0.05) is 24.5 Å². The highest BCUT2D eigenvalue weighted by molar-refractivity contribution is 5.96. The number of ether oxygens (including phenoxy) is 1. The Morgan fingerprint density at radius 3 is 2.45 bits per heavy atom. The van der Waals surface area contributed by atoms with E-state index in [1.165, 1.54) is 25.1 Å². The van der Waals surface area contributed by atoms with E-state index in [2.05, 4.69) is 5.32 Å². The first-order valence-electron chi connectivity index (χ1n) is 9.15. The SMILES string of the molecule is CC1=C(C(=O)OCCc2ccccc2)[C@H](c2ccccc2C(F)(F)F)CC(=O)N1. The zero-order valence-electron chi connectivity index (χ0n) is 15.8. The van der Waals surface area contributed by atoms with Crippen LogP contribution >= 0.6 is 0 Å². The topological polar surface area (TPSA) is 55.4 Å². The standard InChI is InChI=1S/C22H20F3NO3/c1-14-20(21(28)29-12-11-15-7-3-2-4-8-15)17(13-19(27)26-14)16-9-5-6-10-18(16)22(23,24)25/h2-10,17H,11-13H2,1H3,(H,26,27)/t17-/m0/s1. The molecule has 29 heavy (non-hydrogen) atoms. The van der Waals surface area contributed by atoms with E-state index in [4.69, 9.17) is 4.74 Å². The lowest BCUT2D eigenvalue weighted by atomic mass is 9.82. The Balaban J connectivity index is 1.86. The maximum atomic E-state index is 13.5. The van der Waals surface area contributed by atoms with E-state index in [1.54, 1.807) is 0 Å². The van der Waals surface area contributed by atoms with E-state index in [9.17, 15) is 22.8 Å². The average Bonchev–Trinajstić information content (AvgIpc) is 2.67. The molecule has 1 heterocycles. The predicted molar refractivity (Wildman–Crippen MR) is 101 cm³/mol. The van der Waals surface area contributed by atoms with Gasteiger partial charge in [0.2, 0.25) is 5.91 Å². The number of hydrogen-bond donors (Lipinski definition) is 1. The first-order chi connectivity index (χ1) is 13.8. The molecule has 1 atom stereocenters. The maximum Gasteiger partial charge on any atom is 0.416 e. The number of carbonyl (C=O) groups excluding carboxylic acids is 2. The van der Waals surface area contributed by atoms with Gasteiger partial charge in [-0.25, -0.2) is 4.79 Å². The zero-order chi connectivity index (χ0) is 21.0. The summed E-state index contributed by atoms with van der Waals surface area (Å²) in [6, 6.07) is 14.4. The van der Waals surface area contributed by atoms with Crippen LogP contribution in [0.25, 0.3) is 0 Å². The van der Waals surface area contributed by atoms with Crippen LogP contribution in [-0.4, -0.2) is 18.5 Å². The van der Waals surface area contributed by atoms with Gasteiger partial charge in [-0.3, -0.25) is 4.79 Å². The minimum absolute atomic E-state index is 0.0503. The molecular formula is C22H20F3NO3. The van der Waals surface area contributed by atoms with Gasteiger partial charge in [0.25, 0.3) is 0 Å². The van der Waals surface area contributed by atoms with E-state index in [1.807, 2.05) is 30.3 Å². The van der Waals surface area contributed by atoms with Gasteiger partial charge < -0.3 is 10.1 Å². The second-order valence-electron chi connectivity index (χ2n) is 6.80. The number of rotatable bonds is 5. The number of alkyl halides is 3. The van der Waals surface area contributed by atoms with Crippen molar-refractivity contribution in [2.75, 3.05) is 6.61 Å². The fourth-order valence-electron chi connectivity index (χ4n) is 3.48. The third kappa shape index (κ3) is 4.85. The van der Waals surface area contributed by atoms with Crippen LogP contribution in [-0.2, 0) is 26.9 Å². The first-order valence-corrected chi connectivity index (χ1v) is 9.15. The number of amides is 1. The average molecular weight is 403 g/mol. The molecule has 152 valence electrons.